The molecule has 0 fully saturated rings. The second-order valence-electron chi connectivity index (χ2n) is 7.43. The van der Waals surface area contributed by atoms with Gasteiger partial charge in [-0.25, -0.2) is 0 Å². The maximum atomic E-state index is 13.2. The van der Waals surface area contributed by atoms with Gasteiger partial charge in [0.1, 0.15) is 5.92 Å². The Labute approximate surface area is 267 Å². The van der Waals surface area contributed by atoms with Gasteiger partial charge in [0.05, 0.1) is 14.2 Å². The largest absolute Gasteiger partial charge is 1.00 e. The monoisotopic (exact) mass is 522 g/mol. The van der Waals surface area contributed by atoms with Crippen LogP contribution in [0.1, 0.15) is 37.8 Å². The molecule has 0 saturated carbocycles. The molecule has 39 heavy (non-hydrogen) atoms. The number of nitrogens with zero attached hydrogens (tertiary/aromatic N) is 2. The average molecular weight is 522 g/mol. The first-order valence-corrected chi connectivity index (χ1v) is 11.5. The van der Waals surface area contributed by atoms with Crippen LogP contribution in [0.4, 0.5) is 0 Å². The summed E-state index contributed by atoms with van der Waals surface area (Å²) in [5, 5.41) is 26.5. The molecule has 1 aromatic rings. The Morgan fingerprint density at radius 3 is 1.97 bits per heavy atom. The molecule has 0 aromatic heterocycles. The summed E-state index contributed by atoms with van der Waals surface area (Å²) in [5.74, 6) is 0.0224. The minimum atomic E-state index is -0.541. The first kappa shape index (κ1) is 39.5. The van der Waals surface area contributed by atoms with Gasteiger partial charge in [-0.1, -0.05) is 13.8 Å². The first-order valence-electron chi connectivity index (χ1n) is 11.5. The molecule has 0 heterocycles. The van der Waals surface area contributed by atoms with Gasteiger partial charge < -0.3 is 48.6 Å². The third kappa shape index (κ3) is 10.3. The minimum Gasteiger partial charge on any atom is -0.858 e. The summed E-state index contributed by atoms with van der Waals surface area (Å²) >= 11 is 0. The van der Waals surface area contributed by atoms with Gasteiger partial charge in [0.15, 0.2) is 36.6 Å². The average Bonchev–Trinajstić information content (AvgIpc) is 2.90. The molecule has 0 aliphatic heterocycles. The third-order valence-electron chi connectivity index (χ3n) is 4.90. The van der Waals surface area contributed by atoms with E-state index in [2.05, 4.69) is 15.7 Å². The zero-order valence-corrected chi connectivity index (χ0v) is 24.6. The molecule has 2 rings (SSSR count). The molecular weight excluding hydrogens is 489 g/mol. The number of allylic oxidation sites excluding steroid dienone is 2. The van der Waals surface area contributed by atoms with E-state index in [1.807, 2.05) is 13.8 Å². The predicted molar refractivity (Wildman–Crippen MR) is 136 cm³/mol. The van der Waals surface area contributed by atoms with Gasteiger partial charge in [0.2, 0.25) is 0 Å². The molecule has 1 aromatic carbocycles. The Balaban J connectivity index is 0. The second-order valence-corrected chi connectivity index (χ2v) is 7.43. The first-order chi connectivity index (χ1) is 17.5. The van der Waals surface area contributed by atoms with Crippen molar-refractivity contribution in [3.63, 3.8) is 0 Å². The van der Waals surface area contributed by atoms with Crippen LogP contribution in [0.5, 0.6) is 11.5 Å². The van der Waals surface area contributed by atoms with Crippen molar-refractivity contribution in [3.05, 3.63) is 58.1 Å². The van der Waals surface area contributed by atoms with Crippen LogP contribution in [0.3, 0.4) is 0 Å². The van der Waals surface area contributed by atoms with E-state index >= 15 is 0 Å². The van der Waals surface area contributed by atoms with Gasteiger partial charge >= 0.3 is 37.7 Å². The molecule has 1 aliphatic carbocycles. The maximum absolute atomic E-state index is 13.2. The van der Waals surface area contributed by atoms with Gasteiger partial charge in [-0.05, 0) is 42.3 Å². The zero-order chi connectivity index (χ0) is 26.5. The Hall–Kier alpha value is -1.67. The Morgan fingerprint density at radius 2 is 1.44 bits per heavy atom. The molecule has 0 bridgehead atoms. The van der Waals surface area contributed by atoms with Crippen LogP contribution in [0, 0.1) is 5.92 Å². The SMILES string of the molecule is CCCN=C([O-])C1=C=CC(OC)=C(OCOC)[C]1c1c(C([O-])=NCCC)ccc(OC)c1OCOC.[Li+].[Li+].[Li]. The van der Waals surface area contributed by atoms with Crippen LogP contribution in [0.25, 0.3) is 0 Å². The van der Waals surface area contributed by atoms with Gasteiger partial charge in [-0.3, -0.25) is 0 Å². The van der Waals surface area contributed by atoms with E-state index in [4.69, 9.17) is 28.4 Å². The van der Waals surface area contributed by atoms with E-state index in [1.165, 1.54) is 34.5 Å². The number of hydrogen-bond donors (Lipinski definition) is 0. The summed E-state index contributed by atoms with van der Waals surface area (Å²) in [6, 6.07) is 3.15. The number of rotatable bonds is 15. The van der Waals surface area contributed by atoms with E-state index in [1.54, 1.807) is 12.1 Å². The summed E-state index contributed by atoms with van der Waals surface area (Å²) in [6.07, 6.45) is 2.83. The molecule has 198 valence electrons. The number of aliphatic imine (C=N–C) groups is 2. The summed E-state index contributed by atoms with van der Waals surface area (Å²) in [4.78, 5) is 8.28. The molecule has 0 atom stereocenters. The molecule has 10 nitrogen and oxygen atoms in total. The summed E-state index contributed by atoms with van der Waals surface area (Å²) in [6.45, 7) is 4.15. The van der Waals surface area contributed by atoms with Crippen LogP contribution in [-0.4, -0.2) is 85.8 Å². The second kappa shape index (κ2) is 21.1. The number of benzene rings is 1. The molecule has 0 saturated heterocycles. The van der Waals surface area contributed by atoms with Crippen LogP contribution in [-0.2, 0) is 18.9 Å². The molecule has 1 aliphatic rings. The van der Waals surface area contributed by atoms with E-state index in [0.717, 1.165) is 0 Å². The molecule has 0 spiro atoms. The van der Waals surface area contributed by atoms with Crippen molar-refractivity contribution in [2.45, 2.75) is 26.7 Å². The fourth-order valence-electron chi connectivity index (χ4n) is 3.33. The molecule has 0 amide bonds. The van der Waals surface area contributed by atoms with Crippen molar-refractivity contribution in [2.24, 2.45) is 9.98 Å². The zero-order valence-electron chi connectivity index (χ0n) is 24.6. The number of hydrogen-bond acceptors (Lipinski definition) is 10. The number of ether oxygens (including phenoxy) is 6. The van der Waals surface area contributed by atoms with Crippen molar-refractivity contribution in [2.75, 3.05) is 55.1 Å². The van der Waals surface area contributed by atoms with Crippen molar-refractivity contribution in [3.8, 4) is 11.5 Å². The molecular formula is C26H33Li3N2O8. The van der Waals surface area contributed by atoms with Crippen LogP contribution in [0.15, 0.2) is 51.0 Å². The predicted octanol–water partition coefficient (Wildman–Crippen LogP) is -4.51. The summed E-state index contributed by atoms with van der Waals surface area (Å²) in [7, 11) is 5.83. The van der Waals surface area contributed by atoms with E-state index in [0.29, 0.717) is 31.7 Å². The van der Waals surface area contributed by atoms with Crippen molar-refractivity contribution < 1.29 is 76.4 Å². The Bertz CT molecular complexity index is 1050. The van der Waals surface area contributed by atoms with E-state index in [-0.39, 0.29) is 110 Å². The molecule has 0 N–H and O–H groups in total. The maximum Gasteiger partial charge on any atom is 1.00 e. The van der Waals surface area contributed by atoms with Crippen molar-refractivity contribution >= 4 is 30.7 Å². The summed E-state index contributed by atoms with van der Waals surface area (Å²) < 4.78 is 33.0. The van der Waals surface area contributed by atoms with E-state index < -0.39 is 11.8 Å². The van der Waals surface area contributed by atoms with Gasteiger partial charge in [-0.15, -0.1) is 5.73 Å². The Morgan fingerprint density at radius 1 is 0.846 bits per heavy atom. The topological polar surface area (TPSA) is 126 Å². The molecule has 2 radical (unpaired) electrons. The standard InChI is InChI=1S/C26H35N2O8.3Li/c1-7-13-27-25(29)17-9-11-19(33-5)23(35-15-31-3)21(17)22-18(26(30)28-14-8-2)10-12-20(34-6)24(22)36-16-32-4;;;/h9,11-12H,7-8,13-16H2,1-6H3,(H,27,29)(H,28,30);;;/q;;2*+1/p-2. The van der Waals surface area contributed by atoms with Crippen LogP contribution in [0.2, 0.25) is 0 Å². The van der Waals surface area contributed by atoms with Crippen LogP contribution >= 0.6 is 0 Å². The van der Waals surface area contributed by atoms with Crippen molar-refractivity contribution in [1.82, 2.24) is 0 Å². The van der Waals surface area contributed by atoms with Crippen molar-refractivity contribution in [1.29, 1.82) is 0 Å². The van der Waals surface area contributed by atoms with Gasteiger partial charge in [-0.2, -0.15) is 0 Å². The van der Waals surface area contributed by atoms with Gasteiger partial charge in [0.25, 0.3) is 0 Å². The fraction of sp³-hybridized carbons (Fsp3) is 0.462. The van der Waals surface area contributed by atoms with Gasteiger partial charge in [0, 0.05) is 63.4 Å². The van der Waals surface area contributed by atoms with E-state index in [9.17, 15) is 10.2 Å². The third-order valence-corrected chi connectivity index (χ3v) is 4.90. The fourth-order valence-corrected chi connectivity index (χ4v) is 3.33. The smallest absolute Gasteiger partial charge is 0.858 e. The van der Waals surface area contributed by atoms with Crippen LogP contribution < -0.4 is 57.4 Å². The molecule has 13 heteroatoms. The molecule has 0 unspecified atom stereocenters. The quantitative estimate of drug-likeness (QED) is 0.0742. The summed E-state index contributed by atoms with van der Waals surface area (Å²) in [5.41, 5.74) is 3.40. The normalized spacial score (nSPS) is 13.5. The minimum absolute atomic E-state index is 0. The Kier molecular flexibility index (Phi) is 21.4. The number of methoxy groups -OCH3 is 4.